The molecule has 0 spiro atoms. The van der Waals surface area contributed by atoms with Crippen molar-refractivity contribution in [2.24, 2.45) is 17.6 Å². The summed E-state index contributed by atoms with van der Waals surface area (Å²) in [5.74, 6) is -8.81. The van der Waals surface area contributed by atoms with Crippen LogP contribution in [0.15, 0.2) is 29.0 Å². The fourth-order valence-electron chi connectivity index (χ4n) is 6.35. The summed E-state index contributed by atoms with van der Waals surface area (Å²) in [4.78, 5) is 40.6. The van der Waals surface area contributed by atoms with E-state index >= 15 is 0 Å². The number of aliphatic hydroxyl groups excluding tert-OH is 3. The average Bonchev–Trinajstić information content (AvgIpc) is 2.80. The topological polar surface area (TPSA) is 182 Å². The Morgan fingerprint density at radius 3 is 2.27 bits per heavy atom. The van der Waals surface area contributed by atoms with Gasteiger partial charge in [0.15, 0.2) is 11.4 Å². The highest BCUT2D eigenvalue weighted by Crippen LogP contribution is 2.56. The highest BCUT2D eigenvalue weighted by molar-refractivity contribution is 6.24. The Kier molecular flexibility index (Phi) is 6.10. The van der Waals surface area contributed by atoms with E-state index in [-0.39, 0.29) is 11.3 Å². The predicted molar refractivity (Wildman–Crippen MR) is 134 cm³/mol. The molecule has 1 aromatic rings. The molecule has 7 N–H and O–H groups in total. The van der Waals surface area contributed by atoms with Crippen molar-refractivity contribution < 1.29 is 39.9 Å². The molecule has 1 amide bonds. The van der Waals surface area contributed by atoms with Gasteiger partial charge in [-0.3, -0.25) is 19.3 Å². The molecule has 4 rings (SSSR count). The molecule has 3 aliphatic rings. The second-order valence-electron chi connectivity index (χ2n) is 11.2. The van der Waals surface area contributed by atoms with Crippen LogP contribution in [0.4, 0.5) is 0 Å². The SMILES string of the molecule is CCC(C)(C)c1ccc2c(c1O)C(O)=C1C(=O)C3(O)C(O)=C(C(N)=O)C(=O)C(N(C)C)C3C(O)C1C2C. The number of fused-ring (bicyclic) bond motifs is 3. The largest absolute Gasteiger partial charge is 0.508 e. The first-order valence-electron chi connectivity index (χ1n) is 12.2. The number of hydrogen-bond acceptors (Lipinski definition) is 9. The molecule has 0 saturated heterocycles. The molecule has 1 fully saturated rings. The summed E-state index contributed by atoms with van der Waals surface area (Å²) in [5.41, 5.74) is 1.65. The molecule has 10 nitrogen and oxygen atoms in total. The minimum Gasteiger partial charge on any atom is -0.508 e. The molecule has 200 valence electrons. The number of aliphatic hydroxyl groups is 4. The first-order chi connectivity index (χ1) is 17.0. The van der Waals surface area contributed by atoms with Crippen LogP contribution in [0.2, 0.25) is 0 Å². The number of primary amides is 1. The molecule has 0 heterocycles. The number of hydrogen-bond donors (Lipinski definition) is 6. The Morgan fingerprint density at radius 1 is 1.16 bits per heavy atom. The quantitative estimate of drug-likeness (QED) is 0.321. The number of ketones is 2. The molecule has 6 atom stereocenters. The van der Waals surface area contributed by atoms with E-state index in [0.717, 1.165) is 0 Å². The third-order valence-electron chi connectivity index (χ3n) is 8.74. The highest BCUT2D eigenvalue weighted by Gasteiger charge is 2.68. The van der Waals surface area contributed by atoms with Crippen LogP contribution < -0.4 is 5.73 Å². The monoisotopic (exact) mass is 514 g/mol. The first kappa shape index (κ1) is 26.8. The molecule has 37 heavy (non-hydrogen) atoms. The van der Waals surface area contributed by atoms with E-state index < -0.39 is 81.1 Å². The second kappa shape index (κ2) is 8.41. The summed E-state index contributed by atoms with van der Waals surface area (Å²) in [5, 5.41) is 56.9. The molecular formula is C27H34N2O8. The lowest BCUT2D eigenvalue weighted by atomic mass is 9.54. The average molecular weight is 515 g/mol. The molecular weight excluding hydrogens is 480 g/mol. The molecule has 0 bridgehead atoms. The maximum atomic E-state index is 14.0. The van der Waals surface area contributed by atoms with Gasteiger partial charge in [-0.1, -0.05) is 39.8 Å². The lowest BCUT2D eigenvalue weighted by molar-refractivity contribution is -0.169. The van der Waals surface area contributed by atoms with Crippen LogP contribution in [0.3, 0.4) is 0 Å². The number of phenolic OH excluding ortho intramolecular Hbond substituents is 1. The van der Waals surface area contributed by atoms with Gasteiger partial charge in [0, 0.05) is 17.1 Å². The van der Waals surface area contributed by atoms with Crippen molar-refractivity contribution in [1.82, 2.24) is 4.90 Å². The second-order valence-corrected chi connectivity index (χ2v) is 11.2. The van der Waals surface area contributed by atoms with Crippen LogP contribution in [0.25, 0.3) is 5.76 Å². The van der Waals surface area contributed by atoms with Crippen LogP contribution in [0.1, 0.15) is 56.7 Å². The molecule has 0 aliphatic heterocycles. The standard InChI is InChI=1S/C27H34N2O8/c1-7-26(3,4)12-9-8-11-10(2)13-15(20(31)14(11)19(12)30)23(34)27(37)17(21(13)32)18(29(5)6)22(33)16(24(27)35)25(28)36/h8-10,13,17-18,21,30-32,35,37H,7H2,1-6H3,(H2,28,36). The Labute approximate surface area is 214 Å². The van der Waals surface area contributed by atoms with Gasteiger partial charge in [0.05, 0.1) is 23.6 Å². The molecule has 10 heteroatoms. The molecule has 0 radical (unpaired) electrons. The summed E-state index contributed by atoms with van der Waals surface area (Å²) < 4.78 is 0. The van der Waals surface area contributed by atoms with Crippen molar-refractivity contribution in [2.45, 2.75) is 63.2 Å². The van der Waals surface area contributed by atoms with Gasteiger partial charge in [0.25, 0.3) is 5.91 Å². The Hall–Kier alpha value is -3.21. The van der Waals surface area contributed by atoms with Crippen molar-refractivity contribution in [3.8, 4) is 5.75 Å². The summed E-state index contributed by atoms with van der Waals surface area (Å²) in [6.45, 7) is 7.50. The van der Waals surface area contributed by atoms with Crippen LogP contribution in [0.5, 0.6) is 5.75 Å². The Bertz CT molecular complexity index is 1290. The van der Waals surface area contributed by atoms with E-state index in [9.17, 15) is 39.9 Å². The summed E-state index contributed by atoms with van der Waals surface area (Å²) in [7, 11) is 2.94. The van der Waals surface area contributed by atoms with Crippen LogP contribution in [0, 0.1) is 11.8 Å². The van der Waals surface area contributed by atoms with Gasteiger partial charge in [0.2, 0.25) is 5.78 Å². The third-order valence-corrected chi connectivity index (χ3v) is 8.74. The predicted octanol–water partition coefficient (Wildman–Crippen LogP) is 1.18. The summed E-state index contributed by atoms with van der Waals surface area (Å²) in [6, 6.07) is 2.11. The number of Topliss-reactive ketones (excluding diaryl/α,β-unsaturated/α-hetero) is 2. The van der Waals surface area contributed by atoms with E-state index in [0.29, 0.717) is 17.5 Å². The van der Waals surface area contributed by atoms with Gasteiger partial charge in [-0.2, -0.15) is 0 Å². The Morgan fingerprint density at radius 2 is 1.76 bits per heavy atom. The fraction of sp³-hybridized carbons (Fsp3) is 0.519. The van der Waals surface area contributed by atoms with E-state index in [1.165, 1.54) is 19.0 Å². The van der Waals surface area contributed by atoms with E-state index in [4.69, 9.17) is 5.73 Å². The number of rotatable bonds is 4. The van der Waals surface area contributed by atoms with Crippen LogP contribution >= 0.6 is 0 Å². The normalized spacial score (nSPS) is 31.9. The van der Waals surface area contributed by atoms with Gasteiger partial charge >= 0.3 is 0 Å². The smallest absolute Gasteiger partial charge is 0.255 e. The lowest BCUT2D eigenvalue weighted by Gasteiger charge is -2.53. The van der Waals surface area contributed by atoms with Gasteiger partial charge < -0.3 is 31.3 Å². The highest BCUT2D eigenvalue weighted by atomic mass is 16.4. The number of carbonyl (C=O) groups excluding carboxylic acids is 3. The van der Waals surface area contributed by atoms with Crippen molar-refractivity contribution in [3.63, 3.8) is 0 Å². The zero-order valence-electron chi connectivity index (χ0n) is 21.7. The molecule has 6 unspecified atom stereocenters. The van der Waals surface area contributed by atoms with Gasteiger partial charge in [0.1, 0.15) is 22.8 Å². The molecule has 3 aliphatic carbocycles. The van der Waals surface area contributed by atoms with Gasteiger partial charge in [-0.25, -0.2) is 0 Å². The Balaban J connectivity index is 2.05. The number of likely N-dealkylation sites (N-methyl/N-ethyl adjacent to an activating group) is 1. The minimum atomic E-state index is -2.92. The zero-order chi connectivity index (χ0) is 27.9. The molecule has 1 aromatic carbocycles. The number of phenols is 1. The van der Waals surface area contributed by atoms with E-state index in [2.05, 4.69) is 0 Å². The third kappa shape index (κ3) is 3.32. The van der Waals surface area contributed by atoms with Crippen molar-refractivity contribution in [3.05, 3.63) is 45.7 Å². The maximum absolute atomic E-state index is 14.0. The van der Waals surface area contributed by atoms with E-state index in [1.807, 2.05) is 20.8 Å². The minimum absolute atomic E-state index is 0.00927. The number of nitrogens with two attached hydrogens (primary N) is 1. The van der Waals surface area contributed by atoms with E-state index in [1.54, 1.807) is 19.1 Å². The number of benzene rings is 1. The van der Waals surface area contributed by atoms with Crippen molar-refractivity contribution >= 4 is 23.2 Å². The van der Waals surface area contributed by atoms with Crippen LogP contribution in [-0.4, -0.2) is 79.7 Å². The number of nitrogens with zero attached hydrogens (tertiary/aromatic N) is 1. The van der Waals surface area contributed by atoms with Crippen molar-refractivity contribution in [1.29, 1.82) is 0 Å². The lowest BCUT2D eigenvalue weighted by Crippen LogP contribution is -2.70. The first-order valence-corrected chi connectivity index (χ1v) is 12.2. The number of aromatic hydroxyl groups is 1. The summed E-state index contributed by atoms with van der Waals surface area (Å²) >= 11 is 0. The number of amides is 1. The van der Waals surface area contributed by atoms with Crippen molar-refractivity contribution in [2.75, 3.05) is 14.1 Å². The van der Waals surface area contributed by atoms with Gasteiger partial charge in [-0.05, 0) is 37.4 Å². The van der Waals surface area contributed by atoms with Crippen LogP contribution in [-0.2, 0) is 19.8 Å². The fourth-order valence-corrected chi connectivity index (χ4v) is 6.35. The maximum Gasteiger partial charge on any atom is 0.255 e. The molecule has 0 aromatic heterocycles. The number of carbonyl (C=O) groups is 3. The summed E-state index contributed by atoms with van der Waals surface area (Å²) in [6.07, 6.45) is -0.938. The molecule has 1 saturated carbocycles. The van der Waals surface area contributed by atoms with Gasteiger partial charge in [-0.15, -0.1) is 0 Å². The zero-order valence-corrected chi connectivity index (χ0v) is 21.7.